The number of carbonyl (C=O) groups is 2. The molecule has 0 fully saturated rings. The second-order valence-electron chi connectivity index (χ2n) is 8.47. The predicted octanol–water partition coefficient (Wildman–Crippen LogP) is 6.36. The molecule has 0 radical (unpaired) electrons. The number of unbranched alkanes of at least 4 members (excludes halogenated alkanes) is 4. The van der Waals surface area contributed by atoms with Gasteiger partial charge in [-0.2, -0.15) is 0 Å². The molecule has 0 saturated carbocycles. The van der Waals surface area contributed by atoms with Gasteiger partial charge in [0.15, 0.2) is 0 Å². The van der Waals surface area contributed by atoms with E-state index in [1.807, 2.05) is 54.6 Å². The largest absolute Gasteiger partial charge is 0.494 e. The zero-order valence-corrected chi connectivity index (χ0v) is 20.6. The lowest BCUT2D eigenvalue weighted by Gasteiger charge is -2.17. The number of benzene rings is 3. The van der Waals surface area contributed by atoms with Crippen LogP contribution < -0.4 is 20.3 Å². The zero-order chi connectivity index (χ0) is 24.9. The number of hydrogen-bond donors (Lipinski definition) is 2. The highest BCUT2D eigenvalue weighted by molar-refractivity contribution is 6.06. The molecule has 6 heteroatoms. The molecular formula is C29H35N3O3. The summed E-state index contributed by atoms with van der Waals surface area (Å²) in [6, 6.07) is 24.0. The van der Waals surface area contributed by atoms with Gasteiger partial charge in [0.25, 0.3) is 5.91 Å². The molecule has 2 amide bonds. The van der Waals surface area contributed by atoms with Crippen LogP contribution in [0.4, 0.5) is 17.1 Å². The lowest BCUT2D eigenvalue weighted by Crippen LogP contribution is -2.26. The summed E-state index contributed by atoms with van der Waals surface area (Å²) in [5.41, 5.74) is 2.86. The Labute approximate surface area is 208 Å². The molecule has 2 N–H and O–H groups in total. The minimum atomic E-state index is -0.169. The van der Waals surface area contributed by atoms with Gasteiger partial charge in [-0.3, -0.25) is 9.59 Å². The van der Waals surface area contributed by atoms with Crippen molar-refractivity contribution in [1.29, 1.82) is 0 Å². The predicted molar refractivity (Wildman–Crippen MR) is 143 cm³/mol. The molecule has 0 aliphatic heterocycles. The van der Waals surface area contributed by atoms with E-state index in [0.29, 0.717) is 11.3 Å². The summed E-state index contributed by atoms with van der Waals surface area (Å²) in [4.78, 5) is 26.6. The van der Waals surface area contributed by atoms with Crippen LogP contribution in [0.1, 0.15) is 49.4 Å². The highest BCUT2D eigenvalue weighted by Crippen LogP contribution is 2.18. The van der Waals surface area contributed by atoms with Crippen molar-refractivity contribution in [3.8, 4) is 5.75 Å². The zero-order valence-electron chi connectivity index (χ0n) is 20.6. The summed E-state index contributed by atoms with van der Waals surface area (Å²) in [6.45, 7) is 3.07. The van der Waals surface area contributed by atoms with Gasteiger partial charge in [0, 0.05) is 29.7 Å². The minimum Gasteiger partial charge on any atom is -0.494 e. The van der Waals surface area contributed by atoms with Crippen molar-refractivity contribution >= 4 is 28.9 Å². The Morgan fingerprint density at radius 1 is 0.800 bits per heavy atom. The Morgan fingerprint density at radius 2 is 1.46 bits per heavy atom. The number of amides is 2. The molecular weight excluding hydrogens is 438 g/mol. The van der Waals surface area contributed by atoms with Crippen molar-refractivity contribution < 1.29 is 14.3 Å². The maximum atomic E-state index is 12.7. The number of ether oxygens (including phenoxy) is 1. The van der Waals surface area contributed by atoms with Crippen molar-refractivity contribution in [2.75, 3.05) is 35.7 Å². The first-order chi connectivity index (χ1) is 17.1. The Balaban J connectivity index is 1.40. The van der Waals surface area contributed by atoms with Gasteiger partial charge < -0.3 is 20.3 Å². The maximum Gasteiger partial charge on any atom is 0.258 e. The van der Waals surface area contributed by atoms with E-state index in [-0.39, 0.29) is 18.4 Å². The Kier molecular flexibility index (Phi) is 10.2. The van der Waals surface area contributed by atoms with E-state index in [0.717, 1.165) is 30.2 Å². The summed E-state index contributed by atoms with van der Waals surface area (Å²) < 4.78 is 5.78. The summed E-state index contributed by atoms with van der Waals surface area (Å²) >= 11 is 0. The van der Waals surface area contributed by atoms with Gasteiger partial charge in [-0.1, -0.05) is 50.8 Å². The van der Waals surface area contributed by atoms with Crippen molar-refractivity contribution in [2.24, 2.45) is 0 Å². The average Bonchev–Trinajstić information content (AvgIpc) is 2.90. The highest BCUT2D eigenvalue weighted by Gasteiger charge is 2.13. The first-order valence-corrected chi connectivity index (χ1v) is 12.3. The van der Waals surface area contributed by atoms with E-state index in [4.69, 9.17) is 4.74 Å². The number of rotatable bonds is 13. The van der Waals surface area contributed by atoms with E-state index in [2.05, 4.69) is 17.6 Å². The topological polar surface area (TPSA) is 70.7 Å². The quantitative estimate of drug-likeness (QED) is 0.283. The molecule has 0 atom stereocenters. The molecule has 0 bridgehead atoms. The van der Waals surface area contributed by atoms with E-state index in [1.165, 1.54) is 25.7 Å². The third-order valence-corrected chi connectivity index (χ3v) is 5.69. The molecule has 0 aliphatic rings. The van der Waals surface area contributed by atoms with Gasteiger partial charge in [-0.15, -0.1) is 0 Å². The second kappa shape index (κ2) is 13.8. The molecule has 0 saturated heterocycles. The molecule has 184 valence electrons. The summed E-state index contributed by atoms with van der Waals surface area (Å²) in [5.74, 6) is 0.556. The second-order valence-corrected chi connectivity index (χ2v) is 8.47. The first kappa shape index (κ1) is 25.8. The number of hydrogen-bond acceptors (Lipinski definition) is 4. The Bertz CT molecular complexity index is 1050. The molecule has 3 aromatic carbocycles. The lowest BCUT2D eigenvalue weighted by atomic mass is 10.1. The van der Waals surface area contributed by atoms with Crippen LogP contribution in [0.5, 0.6) is 5.75 Å². The van der Waals surface area contributed by atoms with Crippen LogP contribution in [0.2, 0.25) is 0 Å². The van der Waals surface area contributed by atoms with Gasteiger partial charge in [0.05, 0.1) is 13.2 Å². The van der Waals surface area contributed by atoms with Crippen molar-refractivity contribution in [3.63, 3.8) is 0 Å². The van der Waals surface area contributed by atoms with E-state index in [9.17, 15) is 9.59 Å². The molecule has 3 rings (SSSR count). The SMILES string of the molecule is CCCCCCCOc1ccc(NCC(=O)Nc2ccc(C(=O)N(C)c3ccccc3)cc2)cc1. The molecule has 0 aliphatic carbocycles. The number of anilines is 3. The van der Waals surface area contributed by atoms with Crippen molar-refractivity contribution in [3.05, 3.63) is 84.4 Å². The van der Waals surface area contributed by atoms with Gasteiger partial charge >= 0.3 is 0 Å². The van der Waals surface area contributed by atoms with Gasteiger partial charge in [-0.05, 0) is 67.1 Å². The van der Waals surface area contributed by atoms with Gasteiger partial charge in [-0.25, -0.2) is 0 Å². The van der Waals surface area contributed by atoms with Crippen LogP contribution in [0.25, 0.3) is 0 Å². The number of nitrogens with zero attached hydrogens (tertiary/aromatic N) is 1. The smallest absolute Gasteiger partial charge is 0.258 e. The maximum absolute atomic E-state index is 12.7. The average molecular weight is 474 g/mol. The van der Waals surface area contributed by atoms with Crippen LogP contribution >= 0.6 is 0 Å². The standard InChI is InChI=1S/C29H35N3O3/c1-3-4-5-6-10-21-35-27-19-17-24(18-20-27)30-22-28(33)31-25-15-13-23(14-16-25)29(34)32(2)26-11-8-7-9-12-26/h7-9,11-20,30H,3-6,10,21-22H2,1-2H3,(H,31,33). The fraction of sp³-hybridized carbons (Fsp3) is 0.310. The van der Waals surface area contributed by atoms with Crippen molar-refractivity contribution in [2.45, 2.75) is 39.0 Å². The van der Waals surface area contributed by atoms with E-state index < -0.39 is 0 Å². The molecule has 0 aromatic heterocycles. The summed E-state index contributed by atoms with van der Waals surface area (Å²) in [6.07, 6.45) is 6.06. The first-order valence-electron chi connectivity index (χ1n) is 12.3. The summed E-state index contributed by atoms with van der Waals surface area (Å²) in [7, 11) is 1.74. The normalized spacial score (nSPS) is 10.5. The highest BCUT2D eigenvalue weighted by atomic mass is 16.5. The lowest BCUT2D eigenvalue weighted by molar-refractivity contribution is -0.114. The number of para-hydroxylation sites is 1. The van der Waals surface area contributed by atoms with Crippen LogP contribution in [0.15, 0.2) is 78.9 Å². The molecule has 0 unspecified atom stereocenters. The van der Waals surface area contributed by atoms with Crippen LogP contribution in [0, 0.1) is 0 Å². The Morgan fingerprint density at radius 3 is 2.14 bits per heavy atom. The fourth-order valence-corrected chi connectivity index (χ4v) is 3.61. The molecule has 3 aromatic rings. The van der Waals surface area contributed by atoms with E-state index >= 15 is 0 Å². The molecule has 0 spiro atoms. The van der Waals surface area contributed by atoms with Gasteiger partial charge in [0.2, 0.25) is 5.91 Å². The molecule has 35 heavy (non-hydrogen) atoms. The van der Waals surface area contributed by atoms with Crippen molar-refractivity contribution in [1.82, 2.24) is 0 Å². The molecule has 0 heterocycles. The minimum absolute atomic E-state index is 0.111. The monoisotopic (exact) mass is 473 g/mol. The summed E-state index contributed by atoms with van der Waals surface area (Å²) in [5, 5.41) is 5.97. The fourth-order valence-electron chi connectivity index (χ4n) is 3.61. The molecule has 6 nitrogen and oxygen atoms in total. The number of nitrogens with one attached hydrogen (secondary N) is 2. The number of carbonyl (C=O) groups excluding carboxylic acids is 2. The van der Waals surface area contributed by atoms with Gasteiger partial charge in [0.1, 0.15) is 5.75 Å². The van der Waals surface area contributed by atoms with Crippen LogP contribution in [-0.4, -0.2) is 32.0 Å². The van der Waals surface area contributed by atoms with Crippen LogP contribution in [-0.2, 0) is 4.79 Å². The van der Waals surface area contributed by atoms with E-state index in [1.54, 1.807) is 36.2 Å². The Hall–Kier alpha value is -3.80. The third-order valence-electron chi connectivity index (χ3n) is 5.69. The van der Waals surface area contributed by atoms with Crippen LogP contribution in [0.3, 0.4) is 0 Å². The third kappa shape index (κ3) is 8.49.